The Morgan fingerprint density at radius 1 is 1.19 bits per heavy atom. The van der Waals surface area contributed by atoms with Gasteiger partial charge in [0.05, 0.1) is 18.4 Å². The second kappa shape index (κ2) is 9.13. The third-order valence-corrected chi connectivity index (χ3v) is 4.96. The van der Waals surface area contributed by atoms with E-state index >= 15 is 0 Å². The molecule has 3 heterocycles. The molecule has 1 unspecified atom stereocenters. The summed E-state index contributed by atoms with van der Waals surface area (Å²) in [5, 5.41) is 5.51. The molecule has 9 nitrogen and oxygen atoms in total. The predicted molar refractivity (Wildman–Crippen MR) is 111 cm³/mol. The minimum Gasteiger partial charge on any atom is -0.486 e. The maximum absolute atomic E-state index is 12.8. The fraction of sp³-hybridized carbons (Fsp3) is 0.364. The van der Waals surface area contributed by atoms with Gasteiger partial charge in [-0.05, 0) is 43.8 Å². The van der Waals surface area contributed by atoms with Crippen LogP contribution in [0.2, 0.25) is 0 Å². The van der Waals surface area contributed by atoms with Crippen LogP contribution in [-0.2, 0) is 16.1 Å². The Hall–Kier alpha value is -3.46. The Kier molecular flexibility index (Phi) is 6.13. The summed E-state index contributed by atoms with van der Waals surface area (Å²) in [4.78, 5) is 27.1. The van der Waals surface area contributed by atoms with Gasteiger partial charge in [-0.25, -0.2) is 9.59 Å². The van der Waals surface area contributed by atoms with Crippen LogP contribution in [0.25, 0.3) is 0 Å². The number of urea groups is 1. The molecule has 0 saturated carbocycles. The first-order valence-electron chi connectivity index (χ1n) is 10.1. The predicted octanol–water partition coefficient (Wildman–Crippen LogP) is 2.35. The molecule has 0 radical (unpaired) electrons. The maximum atomic E-state index is 12.8. The molecule has 2 aliphatic rings. The van der Waals surface area contributed by atoms with E-state index in [0.29, 0.717) is 43.3 Å². The lowest BCUT2D eigenvalue weighted by atomic mass is 10.00. The van der Waals surface area contributed by atoms with E-state index in [9.17, 15) is 9.59 Å². The average Bonchev–Trinajstić information content (AvgIpc) is 3.28. The number of rotatable bonds is 7. The van der Waals surface area contributed by atoms with Gasteiger partial charge in [-0.2, -0.15) is 0 Å². The van der Waals surface area contributed by atoms with Crippen LogP contribution in [0.15, 0.2) is 52.3 Å². The van der Waals surface area contributed by atoms with Crippen LogP contribution in [0, 0.1) is 0 Å². The molecule has 1 aromatic heterocycles. The zero-order valence-corrected chi connectivity index (χ0v) is 17.5. The van der Waals surface area contributed by atoms with Crippen molar-refractivity contribution in [1.82, 2.24) is 15.5 Å². The molecule has 2 N–H and O–H groups in total. The standard InChI is InChI=1S/C22H25N3O6/c1-3-28-21(26)19-15(23-22(27)24-20(19)17-5-4-8-29-17)13-25(2)12-14-6-7-16-18(11-14)31-10-9-30-16/h4-8,11,20H,3,9-10,12-13H2,1-2H3,(H2,23,24,27). The van der Waals surface area contributed by atoms with Gasteiger partial charge in [0.25, 0.3) is 0 Å². The quantitative estimate of drug-likeness (QED) is 0.654. The van der Waals surface area contributed by atoms with Crippen molar-refractivity contribution in [2.75, 3.05) is 33.4 Å². The summed E-state index contributed by atoms with van der Waals surface area (Å²) in [6.07, 6.45) is 1.50. The van der Waals surface area contributed by atoms with E-state index in [-0.39, 0.29) is 6.61 Å². The Morgan fingerprint density at radius 3 is 2.74 bits per heavy atom. The molecule has 4 rings (SSSR count). The van der Waals surface area contributed by atoms with Crippen LogP contribution in [-0.4, -0.2) is 50.3 Å². The van der Waals surface area contributed by atoms with Crippen molar-refractivity contribution < 1.29 is 28.2 Å². The van der Waals surface area contributed by atoms with Crippen molar-refractivity contribution in [2.24, 2.45) is 0 Å². The molecule has 31 heavy (non-hydrogen) atoms. The van der Waals surface area contributed by atoms with Gasteiger partial charge >= 0.3 is 12.0 Å². The van der Waals surface area contributed by atoms with Gasteiger partial charge in [-0.15, -0.1) is 0 Å². The van der Waals surface area contributed by atoms with Gasteiger partial charge in [0.1, 0.15) is 25.0 Å². The lowest BCUT2D eigenvalue weighted by molar-refractivity contribution is -0.139. The smallest absolute Gasteiger partial charge is 0.338 e. The second-order valence-corrected chi connectivity index (χ2v) is 7.31. The van der Waals surface area contributed by atoms with Gasteiger partial charge in [0.15, 0.2) is 11.5 Å². The van der Waals surface area contributed by atoms with Crippen molar-refractivity contribution in [1.29, 1.82) is 0 Å². The van der Waals surface area contributed by atoms with Crippen LogP contribution in [0.3, 0.4) is 0 Å². The molecule has 0 aliphatic carbocycles. The average molecular weight is 427 g/mol. The van der Waals surface area contributed by atoms with Gasteiger partial charge in [0, 0.05) is 18.8 Å². The molecule has 0 bridgehead atoms. The molecule has 0 saturated heterocycles. The molecule has 1 atom stereocenters. The molecule has 0 fully saturated rings. The Labute approximate surface area is 179 Å². The van der Waals surface area contributed by atoms with E-state index in [0.717, 1.165) is 17.1 Å². The fourth-order valence-electron chi connectivity index (χ4n) is 3.69. The first-order valence-corrected chi connectivity index (χ1v) is 10.1. The van der Waals surface area contributed by atoms with Crippen LogP contribution < -0.4 is 20.1 Å². The van der Waals surface area contributed by atoms with Crippen LogP contribution >= 0.6 is 0 Å². The van der Waals surface area contributed by atoms with Crippen molar-refractivity contribution in [3.8, 4) is 11.5 Å². The van der Waals surface area contributed by atoms with E-state index in [1.165, 1.54) is 6.26 Å². The third-order valence-electron chi connectivity index (χ3n) is 4.96. The van der Waals surface area contributed by atoms with E-state index in [1.807, 2.05) is 30.1 Å². The lowest BCUT2D eigenvalue weighted by Gasteiger charge is -2.30. The summed E-state index contributed by atoms with van der Waals surface area (Å²) in [5.41, 5.74) is 1.82. The number of carbonyl (C=O) groups is 2. The summed E-state index contributed by atoms with van der Waals surface area (Å²) >= 11 is 0. The van der Waals surface area contributed by atoms with Crippen molar-refractivity contribution in [3.63, 3.8) is 0 Å². The molecule has 2 aliphatic heterocycles. The summed E-state index contributed by atoms with van der Waals surface area (Å²) in [5.74, 6) is 1.41. The summed E-state index contributed by atoms with van der Waals surface area (Å²) < 4.78 is 21.9. The minimum atomic E-state index is -0.722. The molecule has 9 heteroatoms. The zero-order valence-electron chi connectivity index (χ0n) is 17.5. The highest BCUT2D eigenvalue weighted by molar-refractivity contribution is 5.95. The van der Waals surface area contributed by atoms with Crippen molar-refractivity contribution >= 4 is 12.0 Å². The second-order valence-electron chi connectivity index (χ2n) is 7.31. The van der Waals surface area contributed by atoms with Crippen LogP contribution in [0.4, 0.5) is 4.79 Å². The monoisotopic (exact) mass is 427 g/mol. The first kappa shape index (κ1) is 20.8. The number of furan rings is 1. The molecule has 164 valence electrons. The number of carbonyl (C=O) groups excluding carboxylic acids is 2. The number of nitrogens with zero attached hydrogens (tertiary/aromatic N) is 1. The fourth-order valence-corrected chi connectivity index (χ4v) is 3.69. The Morgan fingerprint density at radius 2 is 2.00 bits per heavy atom. The highest BCUT2D eigenvalue weighted by atomic mass is 16.6. The largest absolute Gasteiger partial charge is 0.486 e. The van der Waals surface area contributed by atoms with Crippen LogP contribution in [0.5, 0.6) is 11.5 Å². The van der Waals surface area contributed by atoms with Crippen molar-refractivity contribution in [3.05, 3.63) is 59.2 Å². The van der Waals surface area contributed by atoms with E-state index in [2.05, 4.69) is 10.6 Å². The number of benzene rings is 1. The van der Waals surface area contributed by atoms with Gasteiger partial charge in [0.2, 0.25) is 0 Å². The molecular formula is C22H25N3O6. The number of likely N-dealkylation sites (N-methyl/N-ethyl adjacent to an activating group) is 1. The normalized spacial score (nSPS) is 17.9. The molecular weight excluding hydrogens is 402 g/mol. The number of ether oxygens (including phenoxy) is 3. The first-order chi connectivity index (χ1) is 15.0. The molecule has 0 spiro atoms. The zero-order chi connectivity index (χ0) is 21.8. The van der Waals surface area contributed by atoms with E-state index < -0.39 is 18.0 Å². The number of fused-ring (bicyclic) bond motifs is 1. The van der Waals surface area contributed by atoms with Gasteiger partial charge < -0.3 is 29.3 Å². The maximum Gasteiger partial charge on any atom is 0.338 e. The number of hydrogen-bond donors (Lipinski definition) is 2. The lowest BCUT2D eigenvalue weighted by Crippen LogP contribution is -2.48. The summed E-state index contributed by atoms with van der Waals surface area (Å²) in [6, 6.07) is 8.10. The van der Waals surface area contributed by atoms with E-state index in [4.69, 9.17) is 18.6 Å². The Bertz CT molecular complexity index is 985. The highest BCUT2D eigenvalue weighted by Crippen LogP contribution is 2.32. The Balaban J connectivity index is 1.57. The van der Waals surface area contributed by atoms with Crippen molar-refractivity contribution in [2.45, 2.75) is 19.5 Å². The number of nitrogens with one attached hydrogen (secondary N) is 2. The minimum absolute atomic E-state index is 0.224. The van der Waals surface area contributed by atoms with Crippen LogP contribution in [0.1, 0.15) is 24.3 Å². The van der Waals surface area contributed by atoms with Gasteiger partial charge in [-0.3, -0.25) is 4.90 Å². The topological polar surface area (TPSA) is 102 Å². The number of hydrogen-bond acceptors (Lipinski definition) is 7. The summed E-state index contributed by atoms with van der Waals surface area (Å²) in [7, 11) is 1.91. The summed E-state index contributed by atoms with van der Waals surface area (Å²) in [6.45, 7) is 3.93. The SMILES string of the molecule is CCOC(=O)C1=C(CN(C)Cc2ccc3c(c2)OCCO3)NC(=O)NC1c1ccco1. The molecule has 2 aromatic rings. The molecule has 2 amide bonds. The molecule has 1 aromatic carbocycles. The van der Waals surface area contributed by atoms with E-state index in [1.54, 1.807) is 19.1 Å². The third kappa shape index (κ3) is 4.66. The van der Waals surface area contributed by atoms with Gasteiger partial charge in [-0.1, -0.05) is 6.07 Å². The number of amides is 2. The number of esters is 1. The highest BCUT2D eigenvalue weighted by Gasteiger charge is 2.35.